The van der Waals surface area contributed by atoms with E-state index in [4.69, 9.17) is 0 Å². The molecule has 0 radical (unpaired) electrons. The van der Waals surface area contributed by atoms with E-state index in [-0.39, 0.29) is 11.4 Å². The first kappa shape index (κ1) is 14.6. The van der Waals surface area contributed by atoms with Crippen molar-refractivity contribution in [2.45, 2.75) is 19.9 Å². The number of benzene rings is 1. The topological polar surface area (TPSA) is 47.8 Å². The molecule has 3 aromatic rings. The molecule has 0 aliphatic rings. The van der Waals surface area contributed by atoms with Crippen LogP contribution in [0.5, 0.6) is 0 Å². The molecule has 1 aromatic carbocycles. The number of nitrogens with zero attached hydrogens (tertiary/aromatic N) is 3. The fourth-order valence-electron chi connectivity index (χ4n) is 2.16. The number of hydrogen-bond acceptors (Lipinski definition) is 4. The highest BCUT2D eigenvalue weighted by Crippen LogP contribution is 2.16. The van der Waals surface area contributed by atoms with Gasteiger partial charge in [-0.05, 0) is 37.3 Å². The number of thiazole rings is 1. The minimum atomic E-state index is -0.294. The van der Waals surface area contributed by atoms with Crippen molar-refractivity contribution in [3.8, 4) is 11.3 Å². The van der Waals surface area contributed by atoms with Crippen LogP contribution in [0.2, 0.25) is 0 Å². The van der Waals surface area contributed by atoms with Gasteiger partial charge in [0.15, 0.2) is 0 Å². The number of hydrogen-bond donors (Lipinski definition) is 0. The first-order chi connectivity index (χ1) is 10.6. The summed E-state index contributed by atoms with van der Waals surface area (Å²) in [4.78, 5) is 17.3. The zero-order chi connectivity index (χ0) is 15.5. The molecule has 0 saturated carbocycles. The first-order valence-corrected chi connectivity index (χ1v) is 7.74. The lowest BCUT2D eigenvalue weighted by molar-refractivity contribution is 0.582. The van der Waals surface area contributed by atoms with Gasteiger partial charge in [-0.15, -0.1) is 11.3 Å². The molecule has 2 aromatic heterocycles. The fourth-order valence-corrected chi connectivity index (χ4v) is 2.93. The third-order valence-electron chi connectivity index (χ3n) is 3.40. The number of rotatable bonds is 4. The molecule has 6 heteroatoms. The van der Waals surface area contributed by atoms with Crippen molar-refractivity contribution in [3.05, 3.63) is 68.7 Å². The Morgan fingerprint density at radius 2 is 1.95 bits per heavy atom. The lowest BCUT2D eigenvalue weighted by Crippen LogP contribution is -2.23. The van der Waals surface area contributed by atoms with E-state index in [1.807, 2.05) is 6.92 Å². The average molecular weight is 315 g/mol. The standard InChI is InChI=1S/C16H14FN3OS/c1-11-15(22-10-18-11)8-9-20-16(21)7-6-14(19-20)12-2-4-13(17)5-3-12/h2-7,10H,8-9H2,1H3. The Morgan fingerprint density at radius 1 is 1.18 bits per heavy atom. The monoisotopic (exact) mass is 315 g/mol. The summed E-state index contributed by atoms with van der Waals surface area (Å²) in [5.74, 6) is -0.294. The Labute approximate surface area is 130 Å². The van der Waals surface area contributed by atoms with Crippen LogP contribution in [0.25, 0.3) is 11.3 Å². The van der Waals surface area contributed by atoms with Crippen molar-refractivity contribution in [3.63, 3.8) is 0 Å². The van der Waals surface area contributed by atoms with Crippen molar-refractivity contribution >= 4 is 11.3 Å². The van der Waals surface area contributed by atoms with Gasteiger partial charge in [0.2, 0.25) is 0 Å². The van der Waals surface area contributed by atoms with Crippen LogP contribution >= 0.6 is 11.3 Å². The van der Waals surface area contributed by atoms with E-state index in [1.54, 1.807) is 35.0 Å². The lowest BCUT2D eigenvalue weighted by atomic mass is 10.1. The second-order valence-corrected chi connectivity index (χ2v) is 5.84. The van der Waals surface area contributed by atoms with E-state index < -0.39 is 0 Å². The lowest BCUT2D eigenvalue weighted by Gasteiger charge is -2.07. The summed E-state index contributed by atoms with van der Waals surface area (Å²) < 4.78 is 14.4. The second-order valence-electron chi connectivity index (χ2n) is 4.90. The van der Waals surface area contributed by atoms with Gasteiger partial charge in [-0.25, -0.2) is 14.1 Å². The van der Waals surface area contributed by atoms with E-state index in [0.29, 0.717) is 12.2 Å². The van der Waals surface area contributed by atoms with Crippen molar-refractivity contribution < 1.29 is 4.39 Å². The molecule has 0 N–H and O–H groups in total. The molecule has 0 amide bonds. The van der Waals surface area contributed by atoms with Crippen LogP contribution in [0.3, 0.4) is 0 Å². The van der Waals surface area contributed by atoms with Crippen molar-refractivity contribution in [1.82, 2.24) is 14.8 Å². The zero-order valence-corrected chi connectivity index (χ0v) is 12.8. The minimum Gasteiger partial charge on any atom is -0.268 e. The van der Waals surface area contributed by atoms with Gasteiger partial charge in [-0.2, -0.15) is 5.10 Å². The summed E-state index contributed by atoms with van der Waals surface area (Å²) in [6.45, 7) is 2.45. The fraction of sp³-hybridized carbons (Fsp3) is 0.188. The maximum atomic E-state index is 13.0. The SMILES string of the molecule is Cc1ncsc1CCn1nc(-c2ccc(F)cc2)ccc1=O. The van der Waals surface area contributed by atoms with Crippen molar-refractivity contribution in [2.75, 3.05) is 0 Å². The predicted molar refractivity (Wildman–Crippen MR) is 84.4 cm³/mol. The average Bonchev–Trinajstić information content (AvgIpc) is 2.93. The van der Waals surface area contributed by atoms with Crippen molar-refractivity contribution in [2.24, 2.45) is 0 Å². The third kappa shape index (κ3) is 3.12. The quantitative estimate of drug-likeness (QED) is 0.743. The van der Waals surface area contributed by atoms with Gasteiger partial charge >= 0.3 is 0 Å². The molecule has 0 unspecified atom stereocenters. The smallest absolute Gasteiger partial charge is 0.266 e. The van der Waals surface area contributed by atoms with E-state index in [1.165, 1.54) is 22.9 Å². The molecule has 0 aliphatic carbocycles. The summed E-state index contributed by atoms with van der Waals surface area (Å²) in [5.41, 5.74) is 4.08. The van der Waals surface area contributed by atoms with Gasteiger partial charge in [0.05, 0.1) is 16.9 Å². The number of halogens is 1. The van der Waals surface area contributed by atoms with Gasteiger partial charge in [-0.1, -0.05) is 0 Å². The van der Waals surface area contributed by atoms with E-state index in [0.717, 1.165) is 22.6 Å². The second kappa shape index (κ2) is 6.19. The molecule has 0 bridgehead atoms. The highest BCUT2D eigenvalue weighted by molar-refractivity contribution is 7.09. The van der Waals surface area contributed by atoms with Gasteiger partial charge in [0, 0.05) is 29.5 Å². The summed E-state index contributed by atoms with van der Waals surface area (Å²) in [5, 5.41) is 4.37. The Morgan fingerprint density at radius 3 is 2.64 bits per heavy atom. The predicted octanol–water partition coefficient (Wildman–Crippen LogP) is 3.06. The van der Waals surface area contributed by atoms with Crippen LogP contribution in [0, 0.1) is 12.7 Å². The van der Waals surface area contributed by atoms with Crippen LogP contribution in [-0.4, -0.2) is 14.8 Å². The van der Waals surface area contributed by atoms with E-state index in [2.05, 4.69) is 10.1 Å². The van der Waals surface area contributed by atoms with Gasteiger partial charge in [0.1, 0.15) is 5.82 Å². The highest BCUT2D eigenvalue weighted by Gasteiger charge is 2.06. The summed E-state index contributed by atoms with van der Waals surface area (Å²) in [7, 11) is 0. The normalized spacial score (nSPS) is 10.8. The molecule has 0 atom stereocenters. The molecule has 0 spiro atoms. The largest absolute Gasteiger partial charge is 0.268 e. The molecule has 0 aliphatic heterocycles. The molecule has 112 valence electrons. The van der Waals surface area contributed by atoms with Crippen LogP contribution in [0.15, 0.2) is 46.7 Å². The molecular weight excluding hydrogens is 301 g/mol. The summed E-state index contributed by atoms with van der Waals surface area (Å²) in [6, 6.07) is 9.22. The van der Waals surface area contributed by atoms with E-state index in [9.17, 15) is 9.18 Å². The maximum absolute atomic E-state index is 13.0. The number of aryl methyl sites for hydroxylation is 3. The maximum Gasteiger partial charge on any atom is 0.266 e. The Balaban J connectivity index is 1.85. The van der Waals surface area contributed by atoms with Gasteiger partial charge in [-0.3, -0.25) is 4.79 Å². The summed E-state index contributed by atoms with van der Waals surface area (Å²) >= 11 is 1.58. The van der Waals surface area contributed by atoms with Crippen LogP contribution in [0.4, 0.5) is 4.39 Å². The molecule has 3 rings (SSSR count). The van der Waals surface area contributed by atoms with Gasteiger partial charge in [0.25, 0.3) is 5.56 Å². The Hall–Kier alpha value is -2.34. The van der Waals surface area contributed by atoms with Crippen LogP contribution in [-0.2, 0) is 13.0 Å². The van der Waals surface area contributed by atoms with Crippen molar-refractivity contribution in [1.29, 1.82) is 0 Å². The zero-order valence-electron chi connectivity index (χ0n) is 12.0. The summed E-state index contributed by atoms with van der Waals surface area (Å²) in [6.07, 6.45) is 0.719. The molecule has 2 heterocycles. The van der Waals surface area contributed by atoms with Crippen LogP contribution < -0.4 is 5.56 Å². The van der Waals surface area contributed by atoms with E-state index >= 15 is 0 Å². The molecular formula is C16H14FN3OS. The number of aromatic nitrogens is 3. The van der Waals surface area contributed by atoms with Crippen LogP contribution in [0.1, 0.15) is 10.6 Å². The highest BCUT2D eigenvalue weighted by atomic mass is 32.1. The van der Waals surface area contributed by atoms with Gasteiger partial charge < -0.3 is 0 Å². The molecule has 0 saturated heterocycles. The molecule has 22 heavy (non-hydrogen) atoms. The third-order valence-corrected chi connectivity index (χ3v) is 4.40. The first-order valence-electron chi connectivity index (χ1n) is 6.86. The molecule has 4 nitrogen and oxygen atoms in total. The Bertz CT molecular complexity index is 839. The minimum absolute atomic E-state index is 0.145. The Kier molecular flexibility index (Phi) is 4.11. The molecule has 0 fully saturated rings.